The van der Waals surface area contributed by atoms with E-state index in [9.17, 15) is 22.2 Å². The fourth-order valence-electron chi connectivity index (χ4n) is 3.68. The zero-order chi connectivity index (χ0) is 25.2. The van der Waals surface area contributed by atoms with Crippen molar-refractivity contribution in [2.75, 3.05) is 11.5 Å². The summed E-state index contributed by atoms with van der Waals surface area (Å²) in [4.78, 5) is 22.0. The average Bonchev–Trinajstić information content (AvgIpc) is 3.26. The van der Waals surface area contributed by atoms with E-state index in [1.807, 2.05) is 13.0 Å². The molecule has 1 N–H and O–H groups in total. The zero-order valence-electron chi connectivity index (χ0n) is 19.1. The average molecular weight is 524 g/mol. The largest absolute Gasteiger partial charge is 0.490 e. The second-order valence-corrected chi connectivity index (χ2v) is 11.3. The molecule has 1 aliphatic heterocycles. The number of aryl methyl sites for hydroxylation is 1. The highest BCUT2D eigenvalue weighted by atomic mass is 32.2. The molecule has 6 nitrogen and oxygen atoms in total. The fraction of sp³-hybridized carbons (Fsp3) is 0.375. The van der Waals surface area contributed by atoms with E-state index in [0.717, 1.165) is 27.7 Å². The number of hydrogen-bond donors (Lipinski definition) is 1. The first kappa shape index (κ1) is 25.3. The number of hydrogen-bond acceptors (Lipinski definition) is 6. The molecule has 1 atom stereocenters. The first-order valence-electron chi connectivity index (χ1n) is 11.0. The SMILES string of the molecule is Cc1cnc(-c2cc(OC3CCS(=O)CC3)cc(C(=O)N[C@H](C)c3ccc(C(F)(F)F)nc3)c2)s1. The number of ether oxygens (including phenoxy) is 1. The predicted octanol–water partition coefficient (Wildman–Crippen LogP) is 5.31. The van der Waals surface area contributed by atoms with Crippen LogP contribution in [0.3, 0.4) is 0 Å². The highest BCUT2D eigenvalue weighted by molar-refractivity contribution is 7.85. The topological polar surface area (TPSA) is 81.2 Å². The molecule has 35 heavy (non-hydrogen) atoms. The molecule has 11 heteroatoms. The van der Waals surface area contributed by atoms with Crippen molar-refractivity contribution in [1.29, 1.82) is 0 Å². The molecule has 0 unspecified atom stereocenters. The van der Waals surface area contributed by atoms with Gasteiger partial charge in [-0.1, -0.05) is 6.07 Å². The Morgan fingerprint density at radius 1 is 1.17 bits per heavy atom. The van der Waals surface area contributed by atoms with Crippen molar-refractivity contribution in [3.05, 3.63) is 64.4 Å². The number of aromatic nitrogens is 2. The Hall–Kier alpha value is -2.79. The van der Waals surface area contributed by atoms with E-state index in [2.05, 4.69) is 15.3 Å². The standard InChI is InChI=1S/C24H24F3N3O3S2/c1-14-12-29-23(34-14)18-9-17(10-20(11-18)33-19-5-7-35(32)8-6-19)22(31)30-15(2)16-3-4-21(28-13-16)24(25,26)27/h3-4,9-13,15,19H,5-8H2,1-2H3,(H,30,31)/t15-,19?,35?/m1/s1. The van der Waals surface area contributed by atoms with Crippen LogP contribution in [0.25, 0.3) is 10.6 Å². The summed E-state index contributed by atoms with van der Waals surface area (Å²) in [6.07, 6.45) is -0.398. The number of rotatable bonds is 6. The number of thiazole rings is 1. The van der Waals surface area contributed by atoms with Crippen LogP contribution in [0, 0.1) is 6.92 Å². The van der Waals surface area contributed by atoms with Crippen LogP contribution >= 0.6 is 11.3 Å². The molecule has 3 heterocycles. The Labute approximate surface area is 207 Å². The smallest absolute Gasteiger partial charge is 0.433 e. The second kappa shape index (κ2) is 10.4. The van der Waals surface area contributed by atoms with Gasteiger partial charge in [0.1, 0.15) is 22.6 Å². The molecule has 186 valence electrons. The summed E-state index contributed by atoms with van der Waals surface area (Å²) in [5, 5.41) is 3.56. The molecule has 1 aromatic carbocycles. The number of nitrogens with one attached hydrogen (secondary N) is 1. The number of alkyl halides is 3. The molecular formula is C24H24F3N3O3S2. The summed E-state index contributed by atoms with van der Waals surface area (Å²) in [5.41, 5.74) is 0.537. The van der Waals surface area contributed by atoms with Crippen molar-refractivity contribution < 1.29 is 26.9 Å². The Balaban J connectivity index is 1.55. The van der Waals surface area contributed by atoms with Gasteiger partial charge in [-0.25, -0.2) is 4.98 Å². The van der Waals surface area contributed by atoms with Gasteiger partial charge in [-0.05, 0) is 56.5 Å². The molecule has 0 radical (unpaired) electrons. The van der Waals surface area contributed by atoms with Crippen LogP contribution < -0.4 is 10.1 Å². The minimum Gasteiger partial charge on any atom is -0.490 e. The lowest BCUT2D eigenvalue weighted by Crippen LogP contribution is -2.28. The van der Waals surface area contributed by atoms with Gasteiger partial charge in [-0.2, -0.15) is 13.2 Å². The molecule has 1 saturated heterocycles. The molecule has 1 fully saturated rings. The number of carbonyl (C=O) groups is 1. The number of amides is 1. The van der Waals surface area contributed by atoms with Gasteiger partial charge in [-0.3, -0.25) is 14.0 Å². The first-order chi connectivity index (χ1) is 16.6. The van der Waals surface area contributed by atoms with Gasteiger partial charge in [0, 0.05) is 50.7 Å². The van der Waals surface area contributed by atoms with Gasteiger partial charge in [0.2, 0.25) is 0 Å². The molecule has 2 aromatic heterocycles. The number of carbonyl (C=O) groups excluding carboxylic acids is 1. The van der Waals surface area contributed by atoms with Gasteiger partial charge in [0.25, 0.3) is 5.91 Å². The second-order valence-electron chi connectivity index (χ2n) is 8.36. The lowest BCUT2D eigenvalue weighted by Gasteiger charge is -2.23. The van der Waals surface area contributed by atoms with Gasteiger partial charge in [0.15, 0.2) is 0 Å². The van der Waals surface area contributed by atoms with Crippen LogP contribution in [0.5, 0.6) is 5.75 Å². The predicted molar refractivity (Wildman–Crippen MR) is 129 cm³/mol. The van der Waals surface area contributed by atoms with E-state index in [1.54, 1.807) is 25.3 Å². The Bertz CT molecular complexity index is 1220. The maximum Gasteiger partial charge on any atom is 0.433 e. The van der Waals surface area contributed by atoms with E-state index in [0.29, 0.717) is 41.2 Å². The summed E-state index contributed by atoms with van der Waals surface area (Å²) in [6.45, 7) is 3.62. The fourth-order valence-corrected chi connectivity index (χ4v) is 5.69. The first-order valence-corrected chi connectivity index (χ1v) is 13.3. The van der Waals surface area contributed by atoms with Crippen LogP contribution in [-0.2, 0) is 17.0 Å². The van der Waals surface area contributed by atoms with Gasteiger partial charge >= 0.3 is 6.18 Å². The van der Waals surface area contributed by atoms with Crippen LogP contribution in [0.1, 0.15) is 52.3 Å². The molecule has 0 aliphatic carbocycles. The maximum absolute atomic E-state index is 13.1. The normalized spacial score (nSPS) is 19.2. The van der Waals surface area contributed by atoms with Crippen LogP contribution in [0.4, 0.5) is 13.2 Å². The molecule has 1 amide bonds. The minimum atomic E-state index is -4.52. The number of benzene rings is 1. The Morgan fingerprint density at radius 2 is 1.91 bits per heavy atom. The van der Waals surface area contributed by atoms with Gasteiger partial charge < -0.3 is 10.1 Å². The molecule has 4 rings (SSSR count). The van der Waals surface area contributed by atoms with E-state index in [4.69, 9.17) is 4.74 Å². The quantitative estimate of drug-likeness (QED) is 0.474. The van der Waals surface area contributed by atoms with Crippen molar-refractivity contribution in [2.45, 2.75) is 45.0 Å². The van der Waals surface area contributed by atoms with Crippen molar-refractivity contribution in [3.63, 3.8) is 0 Å². The van der Waals surface area contributed by atoms with Crippen molar-refractivity contribution >= 4 is 28.0 Å². The monoisotopic (exact) mass is 523 g/mol. The van der Waals surface area contributed by atoms with Crippen molar-refractivity contribution in [2.24, 2.45) is 0 Å². The maximum atomic E-state index is 13.1. The zero-order valence-corrected chi connectivity index (χ0v) is 20.7. The van der Waals surface area contributed by atoms with E-state index in [1.165, 1.54) is 17.4 Å². The molecule has 0 saturated carbocycles. The van der Waals surface area contributed by atoms with E-state index in [-0.39, 0.29) is 6.10 Å². The minimum absolute atomic E-state index is 0.0889. The van der Waals surface area contributed by atoms with Gasteiger partial charge in [0.05, 0.1) is 6.04 Å². The number of nitrogens with zero attached hydrogens (tertiary/aromatic N) is 2. The summed E-state index contributed by atoms with van der Waals surface area (Å²) in [6, 6.07) is 6.82. The molecule has 0 bridgehead atoms. The summed E-state index contributed by atoms with van der Waals surface area (Å²) < 4.78 is 56.2. The Morgan fingerprint density at radius 3 is 2.51 bits per heavy atom. The third kappa shape index (κ3) is 6.46. The molecule has 0 spiro atoms. The van der Waals surface area contributed by atoms with Crippen LogP contribution in [0.2, 0.25) is 0 Å². The van der Waals surface area contributed by atoms with Crippen LogP contribution in [0.15, 0.2) is 42.7 Å². The van der Waals surface area contributed by atoms with Crippen molar-refractivity contribution in [3.8, 4) is 16.3 Å². The lowest BCUT2D eigenvalue weighted by molar-refractivity contribution is -0.141. The molecular weight excluding hydrogens is 499 g/mol. The van der Waals surface area contributed by atoms with Crippen molar-refractivity contribution in [1.82, 2.24) is 15.3 Å². The summed E-state index contributed by atoms with van der Waals surface area (Å²) in [5.74, 6) is 1.29. The third-order valence-electron chi connectivity index (χ3n) is 5.60. The number of halogens is 3. The summed E-state index contributed by atoms with van der Waals surface area (Å²) >= 11 is 1.49. The molecule has 1 aliphatic rings. The van der Waals surface area contributed by atoms with Gasteiger partial charge in [-0.15, -0.1) is 11.3 Å². The Kier molecular flexibility index (Phi) is 7.56. The highest BCUT2D eigenvalue weighted by Crippen LogP contribution is 2.31. The summed E-state index contributed by atoms with van der Waals surface area (Å²) in [7, 11) is -0.813. The van der Waals surface area contributed by atoms with Crippen LogP contribution in [-0.4, -0.2) is 37.7 Å². The highest BCUT2D eigenvalue weighted by Gasteiger charge is 2.32. The third-order valence-corrected chi connectivity index (χ3v) is 7.94. The molecule has 3 aromatic rings. The number of pyridine rings is 1. The lowest BCUT2D eigenvalue weighted by atomic mass is 10.1. The van der Waals surface area contributed by atoms with E-state index >= 15 is 0 Å². The van der Waals surface area contributed by atoms with E-state index < -0.39 is 34.6 Å².